The highest BCUT2D eigenvalue weighted by molar-refractivity contribution is 9.10. The van der Waals surface area contributed by atoms with E-state index < -0.39 is 17.7 Å². The molecule has 32 heavy (non-hydrogen) atoms. The Labute approximate surface area is 192 Å². The third kappa shape index (κ3) is 5.00. The fourth-order valence-electron chi connectivity index (χ4n) is 2.95. The molecular formula is C22H12BrClF3N3O2. The zero-order valence-electron chi connectivity index (χ0n) is 16.0. The molecule has 0 aliphatic rings. The molecule has 0 fully saturated rings. The Morgan fingerprint density at radius 2 is 1.81 bits per heavy atom. The zero-order valence-corrected chi connectivity index (χ0v) is 18.3. The summed E-state index contributed by atoms with van der Waals surface area (Å²) < 4.78 is 43.7. The minimum atomic E-state index is -4.85. The van der Waals surface area contributed by atoms with E-state index in [2.05, 4.69) is 30.8 Å². The molecule has 0 spiro atoms. The summed E-state index contributed by atoms with van der Waals surface area (Å²) in [5, 5.41) is 5.09. The molecule has 1 heterocycles. The van der Waals surface area contributed by atoms with E-state index in [1.165, 1.54) is 18.3 Å². The SMILES string of the molecule is O=c1c2cc(Br)ccc2nc(-c2cccc(OC(F)(F)F)c2)n1N=Cc1ccc(Cl)cc1. The summed E-state index contributed by atoms with van der Waals surface area (Å²) in [5.41, 5.74) is 0.768. The minimum absolute atomic E-state index is 0.0580. The Hall–Kier alpha value is -3.17. The normalized spacial score (nSPS) is 11.9. The summed E-state index contributed by atoms with van der Waals surface area (Å²) in [6, 6.07) is 16.9. The lowest BCUT2D eigenvalue weighted by Gasteiger charge is -2.12. The van der Waals surface area contributed by atoms with Crippen LogP contribution in [0.1, 0.15) is 5.56 Å². The molecule has 0 aliphatic heterocycles. The van der Waals surface area contributed by atoms with Crippen LogP contribution < -0.4 is 10.3 Å². The van der Waals surface area contributed by atoms with E-state index in [4.69, 9.17) is 11.6 Å². The Morgan fingerprint density at radius 3 is 2.53 bits per heavy atom. The summed E-state index contributed by atoms with van der Waals surface area (Å²) in [4.78, 5) is 17.7. The number of halogens is 5. The van der Waals surface area contributed by atoms with Crippen molar-refractivity contribution in [2.75, 3.05) is 0 Å². The van der Waals surface area contributed by atoms with Crippen molar-refractivity contribution in [2.45, 2.75) is 6.36 Å². The van der Waals surface area contributed by atoms with Crippen molar-refractivity contribution in [1.82, 2.24) is 9.66 Å². The summed E-state index contributed by atoms with van der Waals surface area (Å²) in [7, 11) is 0. The van der Waals surface area contributed by atoms with E-state index in [1.54, 1.807) is 42.5 Å². The summed E-state index contributed by atoms with van der Waals surface area (Å²) >= 11 is 9.22. The number of hydrogen-bond acceptors (Lipinski definition) is 4. The minimum Gasteiger partial charge on any atom is -0.406 e. The monoisotopic (exact) mass is 521 g/mol. The number of nitrogens with zero attached hydrogens (tertiary/aromatic N) is 3. The van der Waals surface area contributed by atoms with Crippen LogP contribution in [-0.2, 0) is 0 Å². The molecule has 4 rings (SSSR count). The number of aromatic nitrogens is 2. The van der Waals surface area contributed by atoms with Crippen LogP contribution in [0.4, 0.5) is 13.2 Å². The largest absolute Gasteiger partial charge is 0.573 e. The number of hydrogen-bond donors (Lipinski definition) is 0. The molecule has 0 aliphatic carbocycles. The van der Waals surface area contributed by atoms with Crippen molar-refractivity contribution in [3.63, 3.8) is 0 Å². The molecule has 0 saturated heterocycles. The fraction of sp³-hybridized carbons (Fsp3) is 0.0455. The Balaban J connectivity index is 1.90. The van der Waals surface area contributed by atoms with E-state index in [-0.39, 0.29) is 11.4 Å². The van der Waals surface area contributed by atoms with Crippen LogP contribution in [0.25, 0.3) is 22.3 Å². The van der Waals surface area contributed by atoms with Crippen LogP contribution in [0.5, 0.6) is 5.75 Å². The van der Waals surface area contributed by atoms with Gasteiger partial charge in [-0.2, -0.15) is 9.78 Å². The average Bonchev–Trinajstić information content (AvgIpc) is 2.73. The van der Waals surface area contributed by atoms with E-state index in [0.29, 0.717) is 26.0 Å². The molecule has 0 saturated carbocycles. The predicted molar refractivity (Wildman–Crippen MR) is 120 cm³/mol. The topological polar surface area (TPSA) is 56.5 Å². The second kappa shape index (κ2) is 8.76. The van der Waals surface area contributed by atoms with Crippen LogP contribution in [0.2, 0.25) is 5.02 Å². The van der Waals surface area contributed by atoms with E-state index >= 15 is 0 Å². The molecule has 4 aromatic rings. The van der Waals surface area contributed by atoms with Gasteiger partial charge in [-0.25, -0.2) is 4.98 Å². The third-order valence-electron chi connectivity index (χ3n) is 4.33. The van der Waals surface area contributed by atoms with Gasteiger partial charge in [0.25, 0.3) is 5.56 Å². The Kier molecular flexibility index (Phi) is 6.03. The fourth-order valence-corrected chi connectivity index (χ4v) is 3.44. The maximum absolute atomic E-state index is 13.2. The van der Waals surface area contributed by atoms with Crippen molar-refractivity contribution >= 4 is 44.6 Å². The van der Waals surface area contributed by atoms with Gasteiger partial charge in [-0.15, -0.1) is 13.2 Å². The maximum Gasteiger partial charge on any atom is 0.573 e. The van der Waals surface area contributed by atoms with Gasteiger partial charge in [0.1, 0.15) is 5.75 Å². The van der Waals surface area contributed by atoms with Gasteiger partial charge in [0.15, 0.2) is 5.82 Å². The van der Waals surface area contributed by atoms with Crippen molar-refractivity contribution in [3.8, 4) is 17.1 Å². The zero-order chi connectivity index (χ0) is 22.9. The van der Waals surface area contributed by atoms with Gasteiger partial charge in [0.2, 0.25) is 0 Å². The smallest absolute Gasteiger partial charge is 0.406 e. The molecule has 0 N–H and O–H groups in total. The third-order valence-corrected chi connectivity index (χ3v) is 5.07. The van der Waals surface area contributed by atoms with Crippen LogP contribution in [0.15, 0.2) is 81.1 Å². The number of benzene rings is 3. The summed E-state index contributed by atoms with van der Waals surface area (Å²) in [6.45, 7) is 0. The lowest BCUT2D eigenvalue weighted by atomic mass is 10.2. The van der Waals surface area contributed by atoms with Gasteiger partial charge < -0.3 is 4.74 Å². The van der Waals surface area contributed by atoms with Gasteiger partial charge in [-0.3, -0.25) is 4.79 Å². The van der Waals surface area contributed by atoms with Crippen molar-refractivity contribution in [2.24, 2.45) is 5.10 Å². The van der Waals surface area contributed by atoms with Crippen molar-refractivity contribution in [3.05, 3.63) is 92.1 Å². The van der Waals surface area contributed by atoms with Gasteiger partial charge in [-0.05, 0) is 48.0 Å². The van der Waals surface area contributed by atoms with E-state index in [1.807, 2.05) is 0 Å². The summed E-state index contributed by atoms with van der Waals surface area (Å²) in [6.07, 6.45) is -3.42. The average molecular weight is 523 g/mol. The lowest BCUT2D eigenvalue weighted by molar-refractivity contribution is -0.274. The second-order valence-electron chi connectivity index (χ2n) is 6.59. The molecule has 5 nitrogen and oxygen atoms in total. The molecule has 3 aromatic carbocycles. The summed E-state index contributed by atoms with van der Waals surface area (Å²) in [5.74, 6) is -0.379. The molecule has 0 atom stereocenters. The molecule has 0 unspecified atom stereocenters. The standard InChI is InChI=1S/C22H12BrClF3N3O2/c23-15-6-9-19-18(11-15)21(31)30(28-12-13-4-7-16(24)8-5-13)20(29-19)14-2-1-3-17(10-14)32-22(25,26)27/h1-12H. The van der Waals surface area contributed by atoms with Gasteiger partial charge >= 0.3 is 6.36 Å². The van der Waals surface area contributed by atoms with Gasteiger partial charge in [0, 0.05) is 15.1 Å². The molecule has 10 heteroatoms. The first-order valence-electron chi connectivity index (χ1n) is 9.08. The van der Waals surface area contributed by atoms with Crippen molar-refractivity contribution in [1.29, 1.82) is 0 Å². The highest BCUT2D eigenvalue weighted by Crippen LogP contribution is 2.28. The second-order valence-corrected chi connectivity index (χ2v) is 7.94. The number of rotatable bonds is 4. The number of alkyl halides is 3. The highest BCUT2D eigenvalue weighted by atomic mass is 79.9. The Morgan fingerprint density at radius 1 is 1.06 bits per heavy atom. The van der Waals surface area contributed by atoms with Crippen LogP contribution in [-0.4, -0.2) is 22.2 Å². The van der Waals surface area contributed by atoms with E-state index in [9.17, 15) is 18.0 Å². The van der Waals surface area contributed by atoms with Crippen molar-refractivity contribution < 1.29 is 17.9 Å². The molecule has 0 amide bonds. The molecule has 1 aromatic heterocycles. The molecule has 162 valence electrons. The molecular weight excluding hydrogens is 511 g/mol. The predicted octanol–water partition coefficient (Wildman–Crippen LogP) is 6.26. The highest BCUT2D eigenvalue weighted by Gasteiger charge is 2.31. The van der Waals surface area contributed by atoms with Crippen LogP contribution in [0.3, 0.4) is 0 Å². The molecule has 0 radical (unpaired) electrons. The first-order chi connectivity index (χ1) is 15.2. The first-order valence-corrected chi connectivity index (χ1v) is 10.3. The lowest BCUT2D eigenvalue weighted by Crippen LogP contribution is -2.20. The first kappa shape index (κ1) is 22.0. The maximum atomic E-state index is 13.2. The number of fused-ring (bicyclic) bond motifs is 1. The van der Waals surface area contributed by atoms with Gasteiger partial charge in [0.05, 0.1) is 17.1 Å². The Bertz CT molecular complexity index is 1390. The van der Waals surface area contributed by atoms with Crippen LogP contribution in [0, 0.1) is 0 Å². The number of ether oxygens (including phenoxy) is 1. The van der Waals surface area contributed by atoms with E-state index in [0.717, 1.165) is 16.8 Å². The van der Waals surface area contributed by atoms with Gasteiger partial charge in [-0.1, -0.05) is 51.8 Å². The molecule has 0 bridgehead atoms. The van der Waals surface area contributed by atoms with Crippen LogP contribution >= 0.6 is 27.5 Å². The quantitative estimate of drug-likeness (QED) is 0.297.